The number of benzene rings is 2. The highest BCUT2D eigenvalue weighted by molar-refractivity contribution is 7.80. The van der Waals surface area contributed by atoms with Crippen molar-refractivity contribution in [2.24, 2.45) is 0 Å². The SMILES string of the molecule is Cc1ccc(NC(=S)NCC(c2ccccc2)N(C)C)cc1F. The molecule has 3 nitrogen and oxygen atoms in total. The number of hydrogen-bond donors (Lipinski definition) is 2. The standard InChI is InChI=1S/C18H22FN3S/c1-13-9-10-15(11-16(13)19)21-18(23)20-12-17(22(2)3)14-7-5-4-6-8-14/h4-11,17H,12H2,1-3H3,(H2,20,21,23). The molecular formula is C18H22FN3S. The summed E-state index contributed by atoms with van der Waals surface area (Å²) in [5.74, 6) is -0.242. The molecule has 0 saturated carbocycles. The van der Waals surface area contributed by atoms with Crippen molar-refractivity contribution in [1.82, 2.24) is 10.2 Å². The van der Waals surface area contributed by atoms with Crippen molar-refractivity contribution in [2.45, 2.75) is 13.0 Å². The van der Waals surface area contributed by atoms with Crippen molar-refractivity contribution in [3.63, 3.8) is 0 Å². The molecular weight excluding hydrogens is 309 g/mol. The van der Waals surface area contributed by atoms with E-state index >= 15 is 0 Å². The quantitative estimate of drug-likeness (QED) is 0.817. The predicted octanol–water partition coefficient (Wildman–Crippen LogP) is 3.72. The van der Waals surface area contributed by atoms with Crippen LogP contribution in [0.3, 0.4) is 0 Å². The van der Waals surface area contributed by atoms with Crippen LogP contribution in [0, 0.1) is 12.7 Å². The molecule has 0 amide bonds. The molecule has 0 fully saturated rings. The van der Waals surface area contributed by atoms with E-state index in [1.54, 1.807) is 13.0 Å². The Hall–Kier alpha value is -1.98. The van der Waals surface area contributed by atoms with Crippen LogP contribution in [0.2, 0.25) is 0 Å². The zero-order valence-electron chi connectivity index (χ0n) is 13.6. The number of anilines is 1. The van der Waals surface area contributed by atoms with Gasteiger partial charge in [-0.1, -0.05) is 36.4 Å². The van der Waals surface area contributed by atoms with E-state index in [2.05, 4.69) is 27.7 Å². The van der Waals surface area contributed by atoms with Crippen LogP contribution in [-0.4, -0.2) is 30.7 Å². The maximum atomic E-state index is 13.6. The number of thiocarbonyl (C=S) groups is 1. The number of hydrogen-bond acceptors (Lipinski definition) is 2. The summed E-state index contributed by atoms with van der Waals surface area (Å²) in [6, 6.07) is 15.4. The maximum absolute atomic E-state index is 13.6. The van der Waals surface area contributed by atoms with Crippen LogP contribution in [-0.2, 0) is 0 Å². The molecule has 0 heterocycles. The Bertz CT molecular complexity index is 659. The van der Waals surface area contributed by atoms with Gasteiger partial charge in [-0.3, -0.25) is 0 Å². The minimum Gasteiger partial charge on any atom is -0.361 e. The van der Waals surface area contributed by atoms with E-state index in [4.69, 9.17) is 12.2 Å². The van der Waals surface area contributed by atoms with Crippen LogP contribution in [0.15, 0.2) is 48.5 Å². The van der Waals surface area contributed by atoms with Gasteiger partial charge in [0.1, 0.15) is 5.82 Å². The van der Waals surface area contributed by atoms with Gasteiger partial charge < -0.3 is 15.5 Å². The van der Waals surface area contributed by atoms with Crippen molar-refractivity contribution in [3.8, 4) is 0 Å². The summed E-state index contributed by atoms with van der Waals surface area (Å²) < 4.78 is 13.6. The summed E-state index contributed by atoms with van der Waals surface area (Å²) in [6.45, 7) is 2.40. The summed E-state index contributed by atoms with van der Waals surface area (Å²) in [7, 11) is 4.07. The maximum Gasteiger partial charge on any atom is 0.170 e. The Morgan fingerprint density at radius 1 is 1.17 bits per heavy atom. The molecule has 0 spiro atoms. The molecule has 0 bridgehead atoms. The van der Waals surface area contributed by atoms with E-state index in [9.17, 15) is 4.39 Å². The Labute approximate surface area is 142 Å². The molecule has 0 aromatic heterocycles. The monoisotopic (exact) mass is 331 g/mol. The number of rotatable bonds is 5. The largest absolute Gasteiger partial charge is 0.361 e. The fourth-order valence-electron chi connectivity index (χ4n) is 2.31. The summed E-state index contributed by atoms with van der Waals surface area (Å²) in [5.41, 5.74) is 2.48. The highest BCUT2D eigenvalue weighted by Crippen LogP contribution is 2.17. The summed E-state index contributed by atoms with van der Waals surface area (Å²) in [4.78, 5) is 2.14. The van der Waals surface area contributed by atoms with E-state index < -0.39 is 0 Å². The fraction of sp³-hybridized carbons (Fsp3) is 0.278. The fourth-order valence-corrected chi connectivity index (χ4v) is 2.51. The number of nitrogens with zero attached hydrogens (tertiary/aromatic N) is 1. The lowest BCUT2D eigenvalue weighted by molar-refractivity contribution is 0.299. The second-order valence-electron chi connectivity index (χ2n) is 5.69. The van der Waals surface area contributed by atoms with Crippen LogP contribution >= 0.6 is 12.2 Å². The first-order chi connectivity index (χ1) is 11.0. The average Bonchev–Trinajstić information content (AvgIpc) is 2.52. The van der Waals surface area contributed by atoms with E-state index in [0.717, 1.165) is 0 Å². The Morgan fingerprint density at radius 3 is 2.48 bits per heavy atom. The molecule has 0 aliphatic heterocycles. The Balaban J connectivity index is 1.95. The van der Waals surface area contributed by atoms with Gasteiger partial charge in [-0.15, -0.1) is 0 Å². The lowest BCUT2D eigenvalue weighted by Gasteiger charge is -2.25. The Morgan fingerprint density at radius 2 is 1.87 bits per heavy atom. The van der Waals surface area contributed by atoms with Crippen molar-refractivity contribution < 1.29 is 4.39 Å². The van der Waals surface area contributed by atoms with Crippen LogP contribution in [0.25, 0.3) is 0 Å². The van der Waals surface area contributed by atoms with E-state index in [-0.39, 0.29) is 11.9 Å². The van der Waals surface area contributed by atoms with Crippen LogP contribution in [0.5, 0.6) is 0 Å². The molecule has 23 heavy (non-hydrogen) atoms. The highest BCUT2D eigenvalue weighted by atomic mass is 32.1. The Kier molecular flexibility index (Phi) is 6.07. The topological polar surface area (TPSA) is 27.3 Å². The zero-order valence-corrected chi connectivity index (χ0v) is 14.5. The van der Waals surface area contributed by atoms with E-state index in [1.165, 1.54) is 11.6 Å². The molecule has 2 aromatic rings. The van der Waals surface area contributed by atoms with Crippen LogP contribution in [0.1, 0.15) is 17.2 Å². The van der Waals surface area contributed by atoms with Crippen LogP contribution < -0.4 is 10.6 Å². The summed E-state index contributed by atoms with van der Waals surface area (Å²) in [6.07, 6.45) is 0. The van der Waals surface area contributed by atoms with Gasteiger partial charge in [-0.2, -0.15) is 0 Å². The van der Waals surface area contributed by atoms with Gasteiger partial charge in [0.2, 0.25) is 0 Å². The van der Waals surface area contributed by atoms with E-state index in [1.807, 2.05) is 38.4 Å². The zero-order chi connectivity index (χ0) is 16.8. The van der Waals surface area contributed by atoms with Gasteiger partial charge in [-0.25, -0.2) is 4.39 Å². The number of halogens is 1. The van der Waals surface area contributed by atoms with Crippen molar-refractivity contribution in [1.29, 1.82) is 0 Å². The predicted molar refractivity (Wildman–Crippen MR) is 98.2 cm³/mol. The highest BCUT2D eigenvalue weighted by Gasteiger charge is 2.14. The molecule has 0 radical (unpaired) electrons. The molecule has 2 N–H and O–H groups in total. The third-order valence-electron chi connectivity index (χ3n) is 3.69. The first-order valence-electron chi connectivity index (χ1n) is 7.49. The molecule has 0 aliphatic carbocycles. The van der Waals surface area contributed by atoms with Gasteiger partial charge in [0.05, 0.1) is 6.04 Å². The molecule has 2 rings (SSSR count). The van der Waals surface area contributed by atoms with Gasteiger partial charge in [-0.05, 0) is 56.5 Å². The van der Waals surface area contributed by atoms with Crippen molar-refractivity contribution >= 4 is 23.0 Å². The first kappa shape index (κ1) is 17.4. The van der Waals surface area contributed by atoms with Gasteiger partial charge in [0.25, 0.3) is 0 Å². The van der Waals surface area contributed by atoms with E-state index in [0.29, 0.717) is 22.9 Å². The van der Waals surface area contributed by atoms with Crippen LogP contribution in [0.4, 0.5) is 10.1 Å². The van der Waals surface area contributed by atoms with Gasteiger partial charge >= 0.3 is 0 Å². The summed E-state index contributed by atoms with van der Waals surface area (Å²) in [5, 5.41) is 6.70. The van der Waals surface area contributed by atoms with Crippen molar-refractivity contribution in [3.05, 3.63) is 65.5 Å². The minimum atomic E-state index is -0.242. The van der Waals surface area contributed by atoms with Crippen molar-refractivity contribution in [2.75, 3.05) is 26.0 Å². The lowest BCUT2D eigenvalue weighted by Crippen LogP contribution is -2.36. The normalized spacial score (nSPS) is 12.0. The lowest BCUT2D eigenvalue weighted by atomic mass is 10.1. The minimum absolute atomic E-state index is 0.200. The molecule has 1 atom stereocenters. The molecule has 0 aliphatic rings. The smallest absolute Gasteiger partial charge is 0.170 e. The average molecular weight is 331 g/mol. The van der Waals surface area contributed by atoms with Gasteiger partial charge in [0.15, 0.2) is 5.11 Å². The number of likely N-dealkylation sites (N-methyl/N-ethyl adjacent to an activating group) is 1. The second kappa shape index (κ2) is 8.04. The van der Waals surface area contributed by atoms with Gasteiger partial charge in [0, 0.05) is 12.2 Å². The summed E-state index contributed by atoms with van der Waals surface area (Å²) >= 11 is 5.30. The molecule has 5 heteroatoms. The molecule has 0 saturated heterocycles. The first-order valence-corrected chi connectivity index (χ1v) is 7.90. The molecule has 1 unspecified atom stereocenters. The second-order valence-corrected chi connectivity index (χ2v) is 6.10. The number of aryl methyl sites for hydroxylation is 1. The third-order valence-corrected chi connectivity index (χ3v) is 3.94. The number of nitrogens with one attached hydrogen (secondary N) is 2. The third kappa shape index (κ3) is 5.01. The molecule has 122 valence electrons. The molecule has 2 aromatic carbocycles.